The van der Waals surface area contributed by atoms with Gasteiger partial charge in [0.15, 0.2) is 0 Å². The zero-order valence-corrected chi connectivity index (χ0v) is 17.9. The number of aromatic hydroxyl groups is 1. The van der Waals surface area contributed by atoms with Crippen LogP contribution in [-0.4, -0.2) is 30.3 Å². The van der Waals surface area contributed by atoms with E-state index >= 15 is 0 Å². The predicted octanol–water partition coefficient (Wildman–Crippen LogP) is 4.69. The Morgan fingerprint density at radius 1 is 1.00 bits per heavy atom. The van der Waals surface area contributed by atoms with Crippen LogP contribution in [0.1, 0.15) is 16.8 Å². The zero-order chi connectivity index (χ0) is 23.2. The van der Waals surface area contributed by atoms with Crippen LogP contribution >= 0.6 is 0 Å². The maximum Gasteiger partial charge on any atom is 0.127 e. The minimum Gasteiger partial charge on any atom is -0.508 e. The maximum atomic E-state index is 14.1. The molecule has 166 valence electrons. The number of nitrogens with two attached hydrogens (primary N) is 1. The molecule has 4 heterocycles. The number of benzene rings is 1. The van der Waals surface area contributed by atoms with Gasteiger partial charge < -0.3 is 15.8 Å². The number of phenols is 1. The van der Waals surface area contributed by atoms with Crippen molar-refractivity contribution in [1.82, 2.24) is 25.1 Å². The van der Waals surface area contributed by atoms with Gasteiger partial charge >= 0.3 is 0 Å². The molecule has 1 aromatic carbocycles. The number of nitrogens with one attached hydrogen (secondary N) is 2. The molecule has 0 aliphatic heterocycles. The van der Waals surface area contributed by atoms with Crippen LogP contribution in [0.5, 0.6) is 5.75 Å². The molecule has 0 bridgehead atoms. The first-order valence-electron chi connectivity index (χ1n) is 10.7. The van der Waals surface area contributed by atoms with Gasteiger partial charge in [0, 0.05) is 41.0 Å². The van der Waals surface area contributed by atoms with Gasteiger partial charge in [-0.05, 0) is 53.6 Å². The molecule has 1 aliphatic carbocycles. The SMILES string of the molecule is NC1=CC=C(c2cc(O)cc(F)c2)c2cc(-c3n[nH]c4cnc(-c5ccccn5)cc34)[nH]c2C1. The molecular weight excluding hydrogens is 431 g/mol. The predicted molar refractivity (Wildman–Crippen MR) is 128 cm³/mol. The van der Waals surface area contributed by atoms with E-state index in [0.717, 1.165) is 56.6 Å². The third-order valence-electron chi connectivity index (χ3n) is 5.86. The van der Waals surface area contributed by atoms with Crippen LogP contribution in [0.25, 0.3) is 39.3 Å². The molecule has 0 fully saturated rings. The lowest BCUT2D eigenvalue weighted by molar-refractivity contribution is 0.469. The van der Waals surface area contributed by atoms with Crippen molar-refractivity contribution in [2.75, 3.05) is 0 Å². The molecule has 5 aromatic rings. The van der Waals surface area contributed by atoms with E-state index in [9.17, 15) is 9.50 Å². The van der Waals surface area contributed by atoms with Crippen molar-refractivity contribution in [2.24, 2.45) is 5.73 Å². The first kappa shape index (κ1) is 19.9. The molecule has 0 atom stereocenters. The lowest BCUT2D eigenvalue weighted by Crippen LogP contribution is -2.01. The first-order valence-corrected chi connectivity index (χ1v) is 10.7. The summed E-state index contributed by atoms with van der Waals surface area (Å²) >= 11 is 0. The van der Waals surface area contributed by atoms with Gasteiger partial charge in [0.2, 0.25) is 0 Å². The molecule has 5 N–H and O–H groups in total. The third-order valence-corrected chi connectivity index (χ3v) is 5.86. The molecule has 0 saturated carbocycles. The van der Waals surface area contributed by atoms with E-state index in [2.05, 4.69) is 25.1 Å². The van der Waals surface area contributed by atoms with Crippen LogP contribution in [-0.2, 0) is 6.42 Å². The van der Waals surface area contributed by atoms with Crippen molar-refractivity contribution in [3.63, 3.8) is 0 Å². The summed E-state index contributed by atoms with van der Waals surface area (Å²) in [5, 5.41) is 18.4. The molecule has 1 aliphatic rings. The van der Waals surface area contributed by atoms with Crippen LogP contribution < -0.4 is 5.73 Å². The van der Waals surface area contributed by atoms with E-state index < -0.39 is 5.82 Å². The highest BCUT2D eigenvalue weighted by Crippen LogP contribution is 2.36. The smallest absolute Gasteiger partial charge is 0.127 e. The minimum atomic E-state index is -0.512. The number of fused-ring (bicyclic) bond motifs is 2. The number of nitrogens with zero attached hydrogens (tertiary/aromatic N) is 3. The summed E-state index contributed by atoms with van der Waals surface area (Å²) in [6, 6.07) is 13.6. The highest BCUT2D eigenvalue weighted by Gasteiger charge is 2.21. The van der Waals surface area contributed by atoms with Crippen LogP contribution in [0.2, 0.25) is 0 Å². The van der Waals surface area contributed by atoms with Gasteiger partial charge in [0.05, 0.1) is 28.8 Å². The van der Waals surface area contributed by atoms with E-state index in [-0.39, 0.29) is 5.75 Å². The number of aromatic amines is 2. The second-order valence-electron chi connectivity index (χ2n) is 8.17. The van der Waals surface area contributed by atoms with E-state index in [1.54, 1.807) is 18.5 Å². The molecule has 4 aromatic heterocycles. The normalized spacial score (nSPS) is 13.3. The molecule has 7 nitrogen and oxygen atoms in total. The fourth-order valence-electron chi connectivity index (χ4n) is 4.31. The molecule has 34 heavy (non-hydrogen) atoms. The summed E-state index contributed by atoms with van der Waals surface area (Å²) in [5.74, 6) is -0.649. The minimum absolute atomic E-state index is 0.137. The van der Waals surface area contributed by atoms with Crippen molar-refractivity contribution >= 4 is 16.5 Å². The Balaban J connectivity index is 1.49. The Morgan fingerprint density at radius 2 is 1.91 bits per heavy atom. The molecule has 0 spiro atoms. The van der Waals surface area contributed by atoms with Gasteiger partial charge in [-0.2, -0.15) is 5.10 Å². The highest BCUT2D eigenvalue weighted by atomic mass is 19.1. The molecular formula is C26H19FN6O. The van der Waals surface area contributed by atoms with Gasteiger partial charge in [-0.15, -0.1) is 0 Å². The number of pyridine rings is 2. The number of hydrogen-bond acceptors (Lipinski definition) is 5. The molecule has 0 radical (unpaired) electrons. The third kappa shape index (κ3) is 3.41. The summed E-state index contributed by atoms with van der Waals surface area (Å²) in [6.07, 6.45) is 7.62. The van der Waals surface area contributed by atoms with Crippen molar-refractivity contribution in [2.45, 2.75) is 6.42 Å². The van der Waals surface area contributed by atoms with Gasteiger partial charge in [0.1, 0.15) is 17.3 Å². The van der Waals surface area contributed by atoms with Crippen LogP contribution in [0.4, 0.5) is 4.39 Å². The standard InChI is InChI=1S/C26H19FN6O/c27-15-7-14(8-17(34)9-15)18-5-4-16(28)10-22-19(18)11-24(31-22)26-20-12-23(21-3-1-2-6-29-21)30-13-25(20)32-33-26/h1-9,11-13,31,34H,10,28H2,(H,32,33). The van der Waals surface area contributed by atoms with Crippen LogP contribution in [0.3, 0.4) is 0 Å². The second-order valence-corrected chi connectivity index (χ2v) is 8.17. The van der Waals surface area contributed by atoms with Gasteiger partial charge in [-0.25, -0.2) is 4.39 Å². The average molecular weight is 450 g/mol. The maximum absolute atomic E-state index is 14.1. The number of halogens is 1. The topological polar surface area (TPSA) is 116 Å². The van der Waals surface area contributed by atoms with Crippen molar-refractivity contribution in [1.29, 1.82) is 0 Å². The first-order chi connectivity index (χ1) is 16.5. The summed E-state index contributed by atoms with van der Waals surface area (Å²) in [5.41, 5.74) is 13.7. The largest absolute Gasteiger partial charge is 0.508 e. The van der Waals surface area contributed by atoms with E-state index in [1.165, 1.54) is 12.1 Å². The van der Waals surface area contributed by atoms with Crippen molar-refractivity contribution < 1.29 is 9.50 Å². The zero-order valence-electron chi connectivity index (χ0n) is 17.9. The Hall–Kier alpha value is -4.72. The molecule has 0 amide bonds. The van der Waals surface area contributed by atoms with Crippen LogP contribution in [0.15, 0.2) is 78.8 Å². The lowest BCUT2D eigenvalue weighted by Gasteiger charge is -2.08. The highest BCUT2D eigenvalue weighted by molar-refractivity contribution is 5.95. The van der Waals surface area contributed by atoms with Gasteiger partial charge in [-0.3, -0.25) is 15.1 Å². The molecule has 0 unspecified atom stereocenters. The molecule has 0 saturated heterocycles. The number of hydrogen-bond donors (Lipinski definition) is 4. The summed E-state index contributed by atoms with van der Waals surface area (Å²) in [6.45, 7) is 0. The number of allylic oxidation sites excluding steroid dienone is 3. The fourth-order valence-corrected chi connectivity index (χ4v) is 4.31. The molecule has 8 heteroatoms. The second kappa shape index (κ2) is 7.70. The van der Waals surface area contributed by atoms with Crippen LogP contribution in [0, 0.1) is 5.82 Å². The Labute approximate surface area is 193 Å². The van der Waals surface area contributed by atoms with Crippen molar-refractivity contribution in [3.05, 3.63) is 101 Å². The van der Waals surface area contributed by atoms with Gasteiger partial charge in [-0.1, -0.05) is 12.1 Å². The molecule has 6 rings (SSSR count). The Kier molecular flexibility index (Phi) is 4.51. The summed E-state index contributed by atoms with van der Waals surface area (Å²) in [4.78, 5) is 12.3. The summed E-state index contributed by atoms with van der Waals surface area (Å²) in [7, 11) is 0. The average Bonchev–Trinajstić information content (AvgIpc) is 3.39. The number of aromatic nitrogens is 5. The Bertz CT molecular complexity index is 1590. The van der Waals surface area contributed by atoms with E-state index in [0.29, 0.717) is 17.7 Å². The number of H-pyrrole nitrogens is 2. The number of rotatable bonds is 3. The summed E-state index contributed by atoms with van der Waals surface area (Å²) < 4.78 is 14.1. The van der Waals surface area contributed by atoms with E-state index in [1.807, 2.05) is 36.4 Å². The quantitative estimate of drug-likeness (QED) is 0.318. The lowest BCUT2D eigenvalue weighted by atomic mass is 9.97. The van der Waals surface area contributed by atoms with Crippen molar-refractivity contribution in [3.8, 4) is 28.5 Å². The van der Waals surface area contributed by atoms with E-state index in [4.69, 9.17) is 5.73 Å². The monoisotopic (exact) mass is 450 g/mol. The van der Waals surface area contributed by atoms with Gasteiger partial charge in [0.25, 0.3) is 0 Å². The fraction of sp³-hybridized carbons (Fsp3) is 0.0385. The Morgan fingerprint density at radius 3 is 2.74 bits per heavy atom. The number of phenolic OH excluding ortho intramolecular Hbond substituents is 1.